The first-order chi connectivity index (χ1) is 12.9. The van der Waals surface area contributed by atoms with Crippen LogP contribution in [-0.2, 0) is 9.47 Å². The van der Waals surface area contributed by atoms with Crippen molar-refractivity contribution >= 4 is 22.9 Å². The number of nitrogens with zero attached hydrogens (tertiary/aromatic N) is 5. The van der Waals surface area contributed by atoms with E-state index in [1.165, 1.54) is 0 Å². The lowest BCUT2D eigenvalue weighted by molar-refractivity contribution is -0.165. The van der Waals surface area contributed by atoms with Gasteiger partial charge in [0.15, 0.2) is 22.1 Å². The minimum atomic E-state index is -0.737. The number of fused-ring (bicyclic) bond motifs is 2. The molecule has 1 saturated heterocycles. The van der Waals surface area contributed by atoms with Crippen molar-refractivity contribution in [3.05, 3.63) is 0 Å². The third-order valence-electron chi connectivity index (χ3n) is 4.71. The third-order valence-corrected chi connectivity index (χ3v) is 5.76. The van der Waals surface area contributed by atoms with Crippen LogP contribution in [-0.4, -0.2) is 66.5 Å². The molecule has 2 aliphatic rings. The standard InChI is InChI=1S/C17H25N5O4S/c1-5-7-27-16-18-14-11(15(19-16)24-6-2)20-21-22(14)9-8-10(23)13-12(9)25-17(3,4)26-13/h9-10,12-13,23H,5-8H2,1-4H3/t9-,10+,12+,13-/m1/s1. The van der Waals surface area contributed by atoms with Crippen LogP contribution in [0.1, 0.15) is 46.6 Å². The van der Waals surface area contributed by atoms with Gasteiger partial charge in [0, 0.05) is 12.2 Å². The average molecular weight is 395 g/mol. The van der Waals surface area contributed by atoms with Crippen LogP contribution in [0.3, 0.4) is 0 Å². The van der Waals surface area contributed by atoms with Crippen molar-refractivity contribution in [3.63, 3.8) is 0 Å². The second-order valence-electron chi connectivity index (χ2n) is 7.23. The van der Waals surface area contributed by atoms with Gasteiger partial charge in [-0.15, -0.1) is 5.10 Å². The monoisotopic (exact) mass is 395 g/mol. The molecular formula is C17H25N5O4S. The van der Waals surface area contributed by atoms with Crippen LogP contribution in [0.15, 0.2) is 5.16 Å². The minimum absolute atomic E-state index is 0.217. The number of ether oxygens (including phenoxy) is 3. The molecule has 9 nitrogen and oxygen atoms in total. The first-order valence-electron chi connectivity index (χ1n) is 9.35. The average Bonchev–Trinajstić information content (AvgIpc) is 3.26. The number of aliphatic hydroxyl groups is 1. The van der Waals surface area contributed by atoms with Gasteiger partial charge in [-0.3, -0.25) is 0 Å². The highest BCUT2D eigenvalue weighted by atomic mass is 32.2. The Morgan fingerprint density at radius 2 is 2.04 bits per heavy atom. The Labute approximate surface area is 161 Å². The first kappa shape index (κ1) is 18.9. The molecule has 148 valence electrons. The van der Waals surface area contributed by atoms with Crippen LogP contribution in [0.25, 0.3) is 11.2 Å². The molecule has 0 spiro atoms. The Hall–Kier alpha value is -1.49. The molecule has 1 aliphatic carbocycles. The second-order valence-corrected chi connectivity index (χ2v) is 8.30. The molecule has 1 aliphatic heterocycles. The summed E-state index contributed by atoms with van der Waals surface area (Å²) in [6.45, 7) is 8.20. The Morgan fingerprint density at radius 3 is 2.78 bits per heavy atom. The summed E-state index contributed by atoms with van der Waals surface area (Å²) in [5.74, 6) is 0.613. The lowest BCUT2D eigenvalue weighted by Crippen LogP contribution is -2.29. The van der Waals surface area contributed by atoms with Crippen LogP contribution < -0.4 is 4.74 Å². The van der Waals surface area contributed by atoms with Gasteiger partial charge >= 0.3 is 0 Å². The zero-order valence-corrected chi connectivity index (χ0v) is 16.8. The second kappa shape index (κ2) is 7.16. The summed E-state index contributed by atoms with van der Waals surface area (Å²) in [4.78, 5) is 9.15. The molecule has 0 aromatic carbocycles. The van der Waals surface area contributed by atoms with E-state index in [9.17, 15) is 5.11 Å². The molecular weight excluding hydrogens is 370 g/mol. The lowest BCUT2D eigenvalue weighted by Gasteiger charge is -2.22. The third kappa shape index (κ3) is 3.39. The molecule has 0 amide bonds. The molecule has 2 aromatic heterocycles. The van der Waals surface area contributed by atoms with Crippen LogP contribution >= 0.6 is 11.8 Å². The fourth-order valence-corrected chi connectivity index (χ4v) is 4.36. The number of hydrogen-bond donors (Lipinski definition) is 1. The van der Waals surface area contributed by atoms with Gasteiger partial charge in [0.05, 0.1) is 18.8 Å². The maximum atomic E-state index is 10.5. The van der Waals surface area contributed by atoms with E-state index in [0.29, 0.717) is 35.2 Å². The zero-order chi connectivity index (χ0) is 19.2. The van der Waals surface area contributed by atoms with Gasteiger partial charge in [-0.1, -0.05) is 23.9 Å². The zero-order valence-electron chi connectivity index (χ0n) is 16.0. The normalized spacial score (nSPS) is 29.4. The van der Waals surface area contributed by atoms with Crippen molar-refractivity contribution in [2.24, 2.45) is 0 Å². The van der Waals surface area contributed by atoms with Gasteiger partial charge in [-0.25, -0.2) is 9.67 Å². The summed E-state index contributed by atoms with van der Waals surface area (Å²) >= 11 is 1.57. The molecule has 0 bridgehead atoms. The van der Waals surface area contributed by atoms with Gasteiger partial charge in [-0.05, 0) is 27.2 Å². The lowest BCUT2D eigenvalue weighted by atomic mass is 10.2. The summed E-state index contributed by atoms with van der Waals surface area (Å²) in [6.07, 6.45) is 0.175. The van der Waals surface area contributed by atoms with Crippen LogP contribution in [0, 0.1) is 0 Å². The van der Waals surface area contributed by atoms with Gasteiger partial charge in [-0.2, -0.15) is 4.98 Å². The van der Waals surface area contributed by atoms with Gasteiger partial charge in [0.1, 0.15) is 12.2 Å². The highest BCUT2D eigenvalue weighted by Crippen LogP contribution is 2.44. The van der Waals surface area contributed by atoms with E-state index in [4.69, 9.17) is 14.2 Å². The van der Waals surface area contributed by atoms with E-state index in [1.54, 1.807) is 16.4 Å². The van der Waals surface area contributed by atoms with E-state index in [1.807, 2.05) is 20.8 Å². The van der Waals surface area contributed by atoms with Crippen molar-refractivity contribution in [2.75, 3.05) is 12.4 Å². The van der Waals surface area contributed by atoms with Crippen molar-refractivity contribution in [3.8, 4) is 5.88 Å². The van der Waals surface area contributed by atoms with E-state index >= 15 is 0 Å². The largest absolute Gasteiger partial charge is 0.476 e. The maximum Gasteiger partial charge on any atom is 0.248 e. The fraction of sp³-hybridized carbons (Fsp3) is 0.765. The summed E-state index contributed by atoms with van der Waals surface area (Å²) in [5, 5.41) is 19.7. The van der Waals surface area contributed by atoms with Crippen molar-refractivity contribution < 1.29 is 19.3 Å². The van der Waals surface area contributed by atoms with Crippen LogP contribution in [0.2, 0.25) is 0 Å². The molecule has 0 radical (unpaired) electrons. The van der Waals surface area contributed by atoms with Gasteiger partial charge in [0.2, 0.25) is 5.88 Å². The first-order valence-corrected chi connectivity index (χ1v) is 10.3. The highest BCUT2D eigenvalue weighted by molar-refractivity contribution is 7.99. The van der Waals surface area contributed by atoms with E-state index in [0.717, 1.165) is 12.2 Å². The van der Waals surface area contributed by atoms with E-state index in [-0.39, 0.29) is 18.2 Å². The summed E-state index contributed by atoms with van der Waals surface area (Å²) in [6, 6.07) is -0.217. The van der Waals surface area contributed by atoms with Crippen LogP contribution in [0.5, 0.6) is 5.88 Å². The molecule has 2 aromatic rings. The molecule has 3 heterocycles. The summed E-state index contributed by atoms with van der Waals surface area (Å²) in [5.41, 5.74) is 1.12. The molecule has 4 rings (SSSR count). The van der Waals surface area contributed by atoms with Gasteiger partial charge < -0.3 is 19.3 Å². The number of aliphatic hydroxyl groups excluding tert-OH is 1. The number of hydrogen-bond acceptors (Lipinski definition) is 9. The summed E-state index contributed by atoms with van der Waals surface area (Å²) in [7, 11) is 0. The Balaban J connectivity index is 1.74. The smallest absolute Gasteiger partial charge is 0.248 e. The Kier molecular flexibility index (Phi) is 5.00. The van der Waals surface area contributed by atoms with Crippen molar-refractivity contribution in [1.82, 2.24) is 25.0 Å². The predicted octanol–water partition coefficient (Wildman–Crippen LogP) is 1.95. The maximum absolute atomic E-state index is 10.5. The number of rotatable bonds is 6. The molecule has 4 atom stereocenters. The van der Waals surface area contributed by atoms with Crippen molar-refractivity contribution in [1.29, 1.82) is 0 Å². The predicted molar refractivity (Wildman–Crippen MR) is 98.8 cm³/mol. The van der Waals surface area contributed by atoms with Crippen molar-refractivity contribution in [2.45, 2.75) is 75.8 Å². The SMILES string of the molecule is CCCSc1nc(OCC)c2nnn([C@@H]3C[C@H](O)[C@H]4OC(C)(C)O[C@H]43)c2n1. The molecule has 1 saturated carbocycles. The summed E-state index contributed by atoms with van der Waals surface area (Å²) < 4.78 is 19.3. The number of aromatic nitrogens is 5. The minimum Gasteiger partial charge on any atom is -0.476 e. The topological polar surface area (TPSA) is 104 Å². The quantitative estimate of drug-likeness (QED) is 0.580. The molecule has 2 fully saturated rings. The fourth-order valence-electron chi connectivity index (χ4n) is 3.67. The Morgan fingerprint density at radius 1 is 1.26 bits per heavy atom. The highest BCUT2D eigenvalue weighted by Gasteiger charge is 2.55. The molecule has 0 unspecified atom stereocenters. The number of thioether (sulfide) groups is 1. The van der Waals surface area contributed by atoms with Gasteiger partial charge in [0.25, 0.3) is 0 Å². The molecule has 10 heteroatoms. The molecule has 1 N–H and O–H groups in total. The molecule has 27 heavy (non-hydrogen) atoms. The van der Waals surface area contributed by atoms with E-state index in [2.05, 4.69) is 27.2 Å². The van der Waals surface area contributed by atoms with E-state index < -0.39 is 11.9 Å². The van der Waals surface area contributed by atoms with Crippen LogP contribution in [0.4, 0.5) is 0 Å². The Bertz CT molecular complexity index is 829.